The lowest BCUT2D eigenvalue weighted by molar-refractivity contribution is -0.123. The second-order valence-electron chi connectivity index (χ2n) is 5.80. The van der Waals surface area contributed by atoms with Crippen LogP contribution in [0, 0.1) is 0 Å². The molecular weight excluding hydrogens is 308 g/mol. The van der Waals surface area contributed by atoms with E-state index >= 15 is 0 Å². The monoisotopic (exact) mass is 328 g/mol. The van der Waals surface area contributed by atoms with E-state index in [-0.39, 0.29) is 0 Å². The van der Waals surface area contributed by atoms with E-state index in [9.17, 15) is 4.79 Å². The lowest BCUT2D eigenvalue weighted by Gasteiger charge is -2.08. The van der Waals surface area contributed by atoms with Crippen molar-refractivity contribution in [2.75, 3.05) is 0 Å². The first-order valence-corrected chi connectivity index (χ1v) is 8.35. The Morgan fingerprint density at radius 2 is 1.36 bits per heavy atom. The van der Waals surface area contributed by atoms with Crippen molar-refractivity contribution in [2.24, 2.45) is 0 Å². The number of benzene rings is 3. The van der Waals surface area contributed by atoms with Crippen molar-refractivity contribution in [2.45, 2.75) is 12.8 Å². The summed E-state index contributed by atoms with van der Waals surface area (Å²) in [5, 5.41) is 0. The molecule has 0 aliphatic carbocycles. The third-order valence-electron chi connectivity index (χ3n) is 4.15. The largest absolute Gasteiger partial charge is 0.436 e. The smallest absolute Gasteiger partial charge is 0.297 e. The average molecular weight is 328 g/mol. The minimum atomic E-state index is 0.456. The molecular formula is C23H20O2. The molecule has 0 atom stereocenters. The summed E-state index contributed by atoms with van der Waals surface area (Å²) in [6.07, 6.45) is 3.24. The van der Waals surface area contributed by atoms with Crippen LogP contribution < -0.4 is 0 Å². The highest BCUT2D eigenvalue weighted by Crippen LogP contribution is 2.23. The van der Waals surface area contributed by atoms with Crippen molar-refractivity contribution < 1.29 is 9.53 Å². The zero-order valence-corrected chi connectivity index (χ0v) is 14.0. The van der Waals surface area contributed by atoms with Crippen molar-refractivity contribution in [1.82, 2.24) is 0 Å². The van der Waals surface area contributed by atoms with Gasteiger partial charge in [-0.2, -0.15) is 0 Å². The van der Waals surface area contributed by atoms with Crippen LogP contribution >= 0.6 is 0 Å². The van der Waals surface area contributed by atoms with E-state index in [1.807, 2.05) is 48.5 Å². The average Bonchev–Trinajstić information content (AvgIpc) is 2.70. The molecule has 3 rings (SSSR count). The fourth-order valence-electron chi connectivity index (χ4n) is 2.81. The maximum atomic E-state index is 10.5. The second kappa shape index (κ2) is 8.65. The van der Waals surface area contributed by atoms with Crippen molar-refractivity contribution >= 4 is 12.0 Å². The Morgan fingerprint density at radius 1 is 0.760 bits per heavy atom. The summed E-state index contributed by atoms with van der Waals surface area (Å²) in [5.41, 5.74) is 5.78. The van der Waals surface area contributed by atoms with E-state index in [0.717, 1.165) is 24.0 Å². The van der Waals surface area contributed by atoms with Gasteiger partial charge in [0.05, 0.1) is 6.26 Å². The number of hydrogen-bond acceptors (Lipinski definition) is 2. The highest BCUT2D eigenvalue weighted by molar-refractivity contribution is 5.66. The Labute approximate surface area is 148 Å². The molecule has 0 unspecified atom stereocenters. The van der Waals surface area contributed by atoms with Crippen LogP contribution in [-0.4, -0.2) is 6.47 Å². The fourth-order valence-corrected chi connectivity index (χ4v) is 2.81. The van der Waals surface area contributed by atoms with Crippen LogP contribution in [0.25, 0.3) is 16.7 Å². The fraction of sp³-hybridized carbons (Fsp3) is 0.0870. The summed E-state index contributed by atoms with van der Waals surface area (Å²) in [6.45, 7) is 0.456. The van der Waals surface area contributed by atoms with Gasteiger partial charge in [0.2, 0.25) is 0 Å². The second-order valence-corrected chi connectivity index (χ2v) is 5.80. The molecule has 0 amide bonds. The molecule has 3 aromatic carbocycles. The third kappa shape index (κ3) is 4.67. The summed E-state index contributed by atoms with van der Waals surface area (Å²) in [6, 6.07) is 29.0. The Hall–Kier alpha value is -3.13. The lowest BCUT2D eigenvalue weighted by atomic mass is 9.98. The van der Waals surface area contributed by atoms with Crippen LogP contribution in [0.15, 0.2) is 91.2 Å². The molecule has 0 aliphatic rings. The van der Waals surface area contributed by atoms with Gasteiger partial charge >= 0.3 is 0 Å². The molecule has 2 heteroatoms. The topological polar surface area (TPSA) is 26.3 Å². The van der Waals surface area contributed by atoms with Crippen molar-refractivity contribution in [3.05, 3.63) is 102 Å². The zero-order chi connectivity index (χ0) is 17.3. The maximum absolute atomic E-state index is 10.5. The van der Waals surface area contributed by atoms with Crippen LogP contribution in [0.1, 0.15) is 17.5 Å². The predicted octanol–water partition coefficient (Wildman–Crippen LogP) is 5.50. The van der Waals surface area contributed by atoms with Gasteiger partial charge in [-0.25, -0.2) is 0 Å². The van der Waals surface area contributed by atoms with Crippen molar-refractivity contribution in [3.63, 3.8) is 0 Å². The molecule has 25 heavy (non-hydrogen) atoms. The van der Waals surface area contributed by atoms with E-state index in [1.54, 1.807) is 6.26 Å². The Bertz CT molecular complexity index is 819. The van der Waals surface area contributed by atoms with Crippen LogP contribution in [0.3, 0.4) is 0 Å². The molecule has 0 fully saturated rings. The van der Waals surface area contributed by atoms with E-state index < -0.39 is 0 Å². The highest BCUT2D eigenvalue weighted by atomic mass is 16.5. The van der Waals surface area contributed by atoms with Gasteiger partial charge in [-0.05, 0) is 40.7 Å². The summed E-state index contributed by atoms with van der Waals surface area (Å²) in [7, 11) is 0. The van der Waals surface area contributed by atoms with Crippen LogP contribution in [0.5, 0.6) is 0 Å². The predicted molar refractivity (Wildman–Crippen MR) is 102 cm³/mol. The maximum Gasteiger partial charge on any atom is 0.297 e. The molecule has 0 spiro atoms. The number of rotatable bonds is 7. The summed E-state index contributed by atoms with van der Waals surface area (Å²) in [4.78, 5) is 10.5. The Morgan fingerprint density at radius 3 is 2.00 bits per heavy atom. The van der Waals surface area contributed by atoms with Gasteiger partial charge in [-0.15, -0.1) is 0 Å². The number of hydrogen-bond donors (Lipinski definition) is 0. The molecule has 0 aliphatic heterocycles. The SMILES string of the molecule is O=CO/C=C(\CCc1ccc(-c2ccccc2)cc1)c1ccccc1. The van der Waals surface area contributed by atoms with Gasteiger partial charge in [0.1, 0.15) is 0 Å². The summed E-state index contributed by atoms with van der Waals surface area (Å²) >= 11 is 0. The quantitative estimate of drug-likeness (QED) is 0.423. The molecule has 0 heterocycles. The van der Waals surface area contributed by atoms with Gasteiger partial charge in [0.15, 0.2) is 0 Å². The lowest BCUT2D eigenvalue weighted by Crippen LogP contribution is -1.92. The number of aryl methyl sites for hydroxylation is 1. The van der Waals surface area contributed by atoms with Gasteiger partial charge in [0.25, 0.3) is 6.47 Å². The van der Waals surface area contributed by atoms with Gasteiger partial charge in [-0.3, -0.25) is 4.79 Å². The number of carbonyl (C=O) groups is 1. The van der Waals surface area contributed by atoms with Crippen LogP contribution in [0.4, 0.5) is 0 Å². The Kier molecular flexibility index (Phi) is 5.78. The van der Waals surface area contributed by atoms with Gasteiger partial charge in [0, 0.05) is 0 Å². The summed E-state index contributed by atoms with van der Waals surface area (Å²) < 4.78 is 4.87. The molecule has 0 radical (unpaired) electrons. The van der Waals surface area contributed by atoms with E-state index in [1.165, 1.54) is 16.7 Å². The van der Waals surface area contributed by atoms with Gasteiger partial charge in [-0.1, -0.05) is 84.9 Å². The van der Waals surface area contributed by atoms with Crippen LogP contribution in [-0.2, 0) is 16.0 Å². The summed E-state index contributed by atoms with van der Waals surface area (Å²) in [5.74, 6) is 0. The van der Waals surface area contributed by atoms with Gasteiger partial charge < -0.3 is 4.74 Å². The third-order valence-corrected chi connectivity index (χ3v) is 4.15. The van der Waals surface area contributed by atoms with Crippen molar-refractivity contribution in [3.8, 4) is 11.1 Å². The first-order chi connectivity index (χ1) is 12.4. The molecule has 2 nitrogen and oxygen atoms in total. The van der Waals surface area contributed by atoms with E-state index in [0.29, 0.717) is 6.47 Å². The zero-order valence-electron chi connectivity index (χ0n) is 14.0. The number of ether oxygens (including phenoxy) is 1. The van der Waals surface area contributed by atoms with Crippen LogP contribution in [0.2, 0.25) is 0 Å². The minimum Gasteiger partial charge on any atom is -0.436 e. The van der Waals surface area contributed by atoms with E-state index in [4.69, 9.17) is 4.74 Å². The molecule has 124 valence electrons. The van der Waals surface area contributed by atoms with Crippen molar-refractivity contribution in [1.29, 1.82) is 0 Å². The molecule has 0 saturated carbocycles. The highest BCUT2D eigenvalue weighted by Gasteiger charge is 2.04. The number of carbonyl (C=O) groups excluding carboxylic acids is 1. The minimum absolute atomic E-state index is 0.456. The molecule has 3 aromatic rings. The standard InChI is InChI=1S/C23H20O2/c24-18-25-17-23(21-9-5-2-6-10-21)16-13-19-11-14-22(15-12-19)20-7-3-1-4-8-20/h1-12,14-15,17-18H,13,16H2/b23-17+. The van der Waals surface area contributed by atoms with E-state index in [2.05, 4.69) is 36.4 Å². The first-order valence-electron chi connectivity index (χ1n) is 8.35. The molecule has 0 bridgehead atoms. The molecule has 0 aromatic heterocycles. The normalized spacial score (nSPS) is 11.1. The molecule has 0 saturated heterocycles. The first kappa shape index (κ1) is 16.7. The Balaban J connectivity index is 1.70. The molecule has 0 N–H and O–H groups in total. The number of allylic oxidation sites excluding steroid dienone is 1.